The SMILES string of the molecule is Cc1ccccc1-c1noc(CN2CCC(C(=O)NCc3cccc(CN4CCC(C)CC4)c3)CC2)n1. The molecule has 0 atom stereocenters. The summed E-state index contributed by atoms with van der Waals surface area (Å²) in [5.41, 5.74) is 4.64. The van der Waals surface area contributed by atoms with E-state index in [0.29, 0.717) is 24.8 Å². The van der Waals surface area contributed by atoms with Crippen molar-refractivity contribution < 1.29 is 9.32 Å². The molecule has 5 rings (SSSR count). The third-order valence-electron chi connectivity index (χ3n) is 7.91. The minimum Gasteiger partial charge on any atom is -0.352 e. The van der Waals surface area contributed by atoms with Gasteiger partial charge in [0.05, 0.1) is 6.54 Å². The van der Waals surface area contributed by atoms with E-state index in [9.17, 15) is 4.79 Å². The number of aryl methyl sites for hydroxylation is 1. The molecule has 2 saturated heterocycles. The van der Waals surface area contributed by atoms with E-state index in [4.69, 9.17) is 4.52 Å². The molecule has 7 nitrogen and oxygen atoms in total. The van der Waals surface area contributed by atoms with Crippen LogP contribution in [0.5, 0.6) is 0 Å². The summed E-state index contributed by atoms with van der Waals surface area (Å²) in [6.07, 6.45) is 4.27. The van der Waals surface area contributed by atoms with Gasteiger partial charge in [0.2, 0.25) is 17.6 Å². The summed E-state index contributed by atoms with van der Waals surface area (Å²) in [6, 6.07) is 16.7. The van der Waals surface area contributed by atoms with E-state index in [1.54, 1.807) is 0 Å². The Morgan fingerprint density at radius 3 is 2.43 bits per heavy atom. The smallest absolute Gasteiger partial charge is 0.241 e. The fraction of sp³-hybridized carbons (Fsp3) is 0.500. The maximum Gasteiger partial charge on any atom is 0.241 e. The fourth-order valence-electron chi connectivity index (χ4n) is 5.45. The highest BCUT2D eigenvalue weighted by atomic mass is 16.5. The number of piperidine rings is 2. The number of rotatable bonds is 8. The van der Waals surface area contributed by atoms with Crippen LogP contribution in [0.25, 0.3) is 11.4 Å². The van der Waals surface area contributed by atoms with E-state index in [1.165, 1.54) is 37.1 Å². The maximum atomic E-state index is 12.9. The van der Waals surface area contributed by atoms with Crippen LogP contribution in [-0.4, -0.2) is 52.0 Å². The molecule has 2 aliphatic heterocycles. The molecule has 1 amide bonds. The molecule has 2 aromatic carbocycles. The molecule has 0 bridgehead atoms. The van der Waals surface area contributed by atoms with Gasteiger partial charge in [0.15, 0.2) is 0 Å². The minimum atomic E-state index is 0.0555. The van der Waals surface area contributed by atoms with Crippen LogP contribution in [0.2, 0.25) is 0 Å². The van der Waals surface area contributed by atoms with Crippen molar-refractivity contribution in [2.75, 3.05) is 26.2 Å². The summed E-state index contributed by atoms with van der Waals surface area (Å²) in [4.78, 5) is 22.3. The number of nitrogens with zero attached hydrogens (tertiary/aromatic N) is 4. The highest BCUT2D eigenvalue weighted by molar-refractivity contribution is 5.78. The standard InChI is InChI=1S/C30H39N5O2/c1-22-10-14-34(15-11-22)20-25-8-5-7-24(18-25)19-31-30(36)26-12-16-35(17-13-26)21-28-32-29(33-37-28)27-9-4-3-6-23(27)2/h3-9,18,22,26H,10-17,19-21H2,1-2H3,(H,31,36). The summed E-state index contributed by atoms with van der Waals surface area (Å²) in [7, 11) is 0. The minimum absolute atomic E-state index is 0.0555. The van der Waals surface area contributed by atoms with E-state index >= 15 is 0 Å². The first-order valence-corrected chi connectivity index (χ1v) is 13.7. The van der Waals surface area contributed by atoms with Gasteiger partial charge < -0.3 is 9.84 Å². The van der Waals surface area contributed by atoms with Gasteiger partial charge in [0.1, 0.15) is 0 Å². The molecule has 196 valence electrons. The third kappa shape index (κ3) is 6.84. The molecule has 3 heterocycles. The van der Waals surface area contributed by atoms with Crippen molar-refractivity contribution >= 4 is 5.91 Å². The van der Waals surface area contributed by atoms with Crippen LogP contribution in [0.3, 0.4) is 0 Å². The highest BCUT2D eigenvalue weighted by Gasteiger charge is 2.26. The molecule has 0 saturated carbocycles. The van der Waals surface area contributed by atoms with Gasteiger partial charge in [-0.05, 0) is 81.4 Å². The predicted molar refractivity (Wildman–Crippen MR) is 144 cm³/mol. The summed E-state index contributed by atoms with van der Waals surface area (Å²) < 4.78 is 5.52. The zero-order valence-corrected chi connectivity index (χ0v) is 22.2. The molecule has 1 N–H and O–H groups in total. The first-order chi connectivity index (χ1) is 18.0. The lowest BCUT2D eigenvalue weighted by Gasteiger charge is -2.30. The molecule has 37 heavy (non-hydrogen) atoms. The van der Waals surface area contributed by atoms with Crippen LogP contribution in [0.4, 0.5) is 0 Å². The number of amides is 1. The molecular formula is C30H39N5O2. The first-order valence-electron chi connectivity index (χ1n) is 13.7. The van der Waals surface area contributed by atoms with Crippen molar-refractivity contribution in [1.82, 2.24) is 25.3 Å². The Kier molecular flexibility index (Phi) is 8.31. The molecule has 2 fully saturated rings. The maximum absolute atomic E-state index is 12.9. The summed E-state index contributed by atoms with van der Waals surface area (Å²) in [5.74, 6) is 2.33. The van der Waals surface area contributed by atoms with E-state index < -0.39 is 0 Å². The normalized spacial score (nSPS) is 18.2. The molecule has 0 spiro atoms. The fourth-order valence-corrected chi connectivity index (χ4v) is 5.45. The summed E-state index contributed by atoms with van der Waals surface area (Å²) in [6.45, 7) is 10.7. The van der Waals surface area contributed by atoms with Gasteiger partial charge in [-0.3, -0.25) is 14.6 Å². The van der Waals surface area contributed by atoms with Crippen molar-refractivity contribution in [3.63, 3.8) is 0 Å². The van der Waals surface area contributed by atoms with Gasteiger partial charge in [-0.2, -0.15) is 4.98 Å². The third-order valence-corrected chi connectivity index (χ3v) is 7.91. The Morgan fingerprint density at radius 1 is 0.946 bits per heavy atom. The average Bonchev–Trinajstić information content (AvgIpc) is 3.38. The molecule has 2 aliphatic rings. The molecule has 7 heteroatoms. The number of carbonyl (C=O) groups excluding carboxylic acids is 1. The van der Waals surface area contributed by atoms with E-state index in [1.807, 2.05) is 31.2 Å². The molecule has 0 aliphatic carbocycles. The number of nitrogens with one attached hydrogen (secondary N) is 1. The Labute approximate surface area is 220 Å². The van der Waals surface area contributed by atoms with E-state index in [-0.39, 0.29) is 11.8 Å². The number of benzene rings is 2. The molecule has 3 aromatic rings. The lowest BCUT2D eigenvalue weighted by molar-refractivity contribution is -0.126. The Hall–Kier alpha value is -3.03. The zero-order valence-electron chi connectivity index (χ0n) is 22.2. The first kappa shape index (κ1) is 25.6. The van der Waals surface area contributed by atoms with Gasteiger partial charge in [0.25, 0.3) is 0 Å². The van der Waals surface area contributed by atoms with Gasteiger partial charge in [-0.25, -0.2) is 0 Å². The largest absolute Gasteiger partial charge is 0.352 e. The second-order valence-electron chi connectivity index (χ2n) is 10.9. The second kappa shape index (κ2) is 12.0. The number of carbonyl (C=O) groups is 1. The lowest BCUT2D eigenvalue weighted by atomic mass is 9.95. The molecule has 0 unspecified atom stereocenters. The van der Waals surface area contributed by atoms with Gasteiger partial charge in [-0.1, -0.05) is 60.6 Å². The zero-order chi connectivity index (χ0) is 25.6. The van der Waals surface area contributed by atoms with E-state index in [2.05, 4.69) is 56.4 Å². The Balaban J connectivity index is 1.06. The number of aromatic nitrogens is 2. The highest BCUT2D eigenvalue weighted by Crippen LogP contribution is 2.23. The molecule has 0 radical (unpaired) electrons. The van der Waals surface area contributed by atoms with Crippen LogP contribution in [0, 0.1) is 18.8 Å². The second-order valence-corrected chi connectivity index (χ2v) is 10.9. The quantitative estimate of drug-likeness (QED) is 0.478. The van der Waals surface area contributed by atoms with Crippen LogP contribution in [-0.2, 0) is 24.4 Å². The summed E-state index contributed by atoms with van der Waals surface area (Å²) >= 11 is 0. The van der Waals surface area contributed by atoms with Gasteiger partial charge in [0, 0.05) is 24.6 Å². The van der Waals surface area contributed by atoms with Crippen LogP contribution >= 0.6 is 0 Å². The van der Waals surface area contributed by atoms with Crippen LogP contribution < -0.4 is 5.32 Å². The van der Waals surface area contributed by atoms with Crippen molar-refractivity contribution in [3.05, 3.63) is 71.1 Å². The van der Waals surface area contributed by atoms with Crippen LogP contribution in [0.1, 0.15) is 55.2 Å². The van der Waals surface area contributed by atoms with Crippen molar-refractivity contribution in [3.8, 4) is 11.4 Å². The molecule has 1 aromatic heterocycles. The van der Waals surface area contributed by atoms with Gasteiger partial charge >= 0.3 is 0 Å². The Morgan fingerprint density at radius 2 is 1.65 bits per heavy atom. The van der Waals surface area contributed by atoms with E-state index in [0.717, 1.165) is 49.5 Å². The number of hydrogen-bond acceptors (Lipinski definition) is 6. The number of hydrogen-bond donors (Lipinski definition) is 1. The average molecular weight is 502 g/mol. The number of likely N-dealkylation sites (tertiary alicyclic amines) is 2. The molecular weight excluding hydrogens is 462 g/mol. The van der Waals surface area contributed by atoms with Crippen LogP contribution in [0.15, 0.2) is 53.1 Å². The van der Waals surface area contributed by atoms with Crippen molar-refractivity contribution in [2.45, 2.75) is 59.2 Å². The van der Waals surface area contributed by atoms with Crippen molar-refractivity contribution in [2.24, 2.45) is 11.8 Å². The van der Waals surface area contributed by atoms with Crippen molar-refractivity contribution in [1.29, 1.82) is 0 Å². The monoisotopic (exact) mass is 501 g/mol. The van der Waals surface area contributed by atoms with Gasteiger partial charge in [-0.15, -0.1) is 0 Å². The topological polar surface area (TPSA) is 74.5 Å². The lowest BCUT2D eigenvalue weighted by Crippen LogP contribution is -2.40. The summed E-state index contributed by atoms with van der Waals surface area (Å²) in [5, 5.41) is 7.36. The predicted octanol–water partition coefficient (Wildman–Crippen LogP) is 4.81. The Bertz CT molecular complexity index is 1180.